The van der Waals surface area contributed by atoms with Gasteiger partial charge in [-0.3, -0.25) is 10.1 Å². The van der Waals surface area contributed by atoms with Crippen molar-refractivity contribution >= 4 is 17.1 Å². The fourth-order valence-electron chi connectivity index (χ4n) is 1.75. The Labute approximate surface area is 126 Å². The molecule has 0 aliphatic heterocycles. The van der Waals surface area contributed by atoms with E-state index in [1.807, 2.05) is 0 Å². The van der Waals surface area contributed by atoms with Crippen molar-refractivity contribution in [3.63, 3.8) is 0 Å². The third kappa shape index (κ3) is 3.48. The van der Waals surface area contributed by atoms with E-state index in [-0.39, 0.29) is 18.1 Å². The van der Waals surface area contributed by atoms with Crippen molar-refractivity contribution in [2.75, 3.05) is 19.6 Å². The number of benzene rings is 2. The van der Waals surface area contributed by atoms with Crippen molar-refractivity contribution in [2.45, 2.75) is 0 Å². The van der Waals surface area contributed by atoms with Gasteiger partial charge >= 0.3 is 0 Å². The first-order valence-corrected chi connectivity index (χ1v) is 6.29. The first-order valence-electron chi connectivity index (χ1n) is 6.29. The van der Waals surface area contributed by atoms with Crippen molar-refractivity contribution in [3.8, 4) is 11.5 Å². The standard InChI is InChI=1S/C14H14N4O4/c1-21-13-8-4-5-10(15)14(13)22-9-16-17-11-6-2-3-7-12(11)18(19)20/h2-8H,9,15H2,1H3. The molecular weight excluding hydrogens is 288 g/mol. The van der Waals surface area contributed by atoms with Crippen LogP contribution in [0.2, 0.25) is 0 Å². The van der Waals surface area contributed by atoms with E-state index in [4.69, 9.17) is 15.2 Å². The van der Waals surface area contributed by atoms with Gasteiger partial charge in [-0.1, -0.05) is 18.2 Å². The van der Waals surface area contributed by atoms with E-state index in [9.17, 15) is 10.1 Å². The molecule has 0 bridgehead atoms. The van der Waals surface area contributed by atoms with Crippen LogP contribution in [-0.4, -0.2) is 18.8 Å². The molecule has 0 unspecified atom stereocenters. The number of nitro groups is 1. The predicted molar refractivity (Wildman–Crippen MR) is 80.5 cm³/mol. The lowest BCUT2D eigenvalue weighted by atomic mass is 10.3. The van der Waals surface area contributed by atoms with Crippen LogP contribution in [-0.2, 0) is 0 Å². The number of rotatable bonds is 6. The van der Waals surface area contributed by atoms with Crippen molar-refractivity contribution < 1.29 is 14.4 Å². The molecule has 8 heteroatoms. The van der Waals surface area contributed by atoms with Gasteiger partial charge in [0.15, 0.2) is 23.9 Å². The summed E-state index contributed by atoms with van der Waals surface area (Å²) in [7, 11) is 1.50. The highest BCUT2D eigenvalue weighted by molar-refractivity contribution is 5.60. The minimum absolute atomic E-state index is 0.122. The molecule has 0 fully saturated rings. The Hall–Kier alpha value is -3.16. The summed E-state index contributed by atoms with van der Waals surface area (Å²) < 4.78 is 10.5. The quantitative estimate of drug-likeness (QED) is 0.380. The first-order chi connectivity index (χ1) is 10.6. The zero-order chi connectivity index (χ0) is 15.9. The van der Waals surface area contributed by atoms with Crippen LogP contribution < -0.4 is 15.2 Å². The van der Waals surface area contributed by atoms with E-state index >= 15 is 0 Å². The number of nitrogens with two attached hydrogens (primary N) is 1. The van der Waals surface area contributed by atoms with Crippen molar-refractivity contribution in [1.82, 2.24) is 0 Å². The number of anilines is 1. The average molecular weight is 302 g/mol. The number of para-hydroxylation sites is 2. The minimum Gasteiger partial charge on any atom is -0.493 e. The van der Waals surface area contributed by atoms with Crippen molar-refractivity contribution in [1.29, 1.82) is 0 Å². The van der Waals surface area contributed by atoms with E-state index in [2.05, 4.69) is 10.2 Å². The molecule has 2 rings (SSSR count). The lowest BCUT2D eigenvalue weighted by molar-refractivity contribution is -0.384. The Morgan fingerprint density at radius 3 is 2.73 bits per heavy atom. The summed E-state index contributed by atoms with van der Waals surface area (Å²) in [6.07, 6.45) is 0. The molecule has 0 saturated heterocycles. The summed E-state index contributed by atoms with van der Waals surface area (Å²) in [6.45, 7) is -0.142. The molecule has 114 valence electrons. The van der Waals surface area contributed by atoms with Crippen LogP contribution in [0.1, 0.15) is 0 Å². The molecule has 0 atom stereocenters. The number of methoxy groups -OCH3 is 1. The number of nitro benzene ring substituents is 1. The van der Waals surface area contributed by atoms with Gasteiger partial charge in [0, 0.05) is 6.07 Å². The molecule has 0 aliphatic carbocycles. The summed E-state index contributed by atoms with van der Waals surface area (Å²) in [5, 5.41) is 18.4. The second kappa shape index (κ2) is 7.02. The minimum atomic E-state index is -0.520. The zero-order valence-corrected chi connectivity index (χ0v) is 11.8. The highest BCUT2D eigenvalue weighted by Crippen LogP contribution is 2.33. The summed E-state index contributed by atoms with van der Waals surface area (Å²) in [4.78, 5) is 10.3. The molecule has 0 spiro atoms. The van der Waals surface area contributed by atoms with Gasteiger partial charge in [0.25, 0.3) is 5.69 Å². The van der Waals surface area contributed by atoms with Gasteiger partial charge in [-0.05, 0) is 18.2 Å². The molecule has 0 heterocycles. The van der Waals surface area contributed by atoms with Gasteiger partial charge < -0.3 is 15.2 Å². The molecule has 22 heavy (non-hydrogen) atoms. The first kappa shape index (κ1) is 15.2. The number of nitrogen functional groups attached to an aromatic ring is 1. The molecule has 0 aromatic heterocycles. The lowest BCUT2D eigenvalue weighted by Crippen LogP contribution is -2.00. The van der Waals surface area contributed by atoms with Crippen LogP contribution in [0.4, 0.5) is 17.1 Å². The molecular formula is C14H14N4O4. The van der Waals surface area contributed by atoms with E-state index in [0.29, 0.717) is 17.2 Å². The average Bonchev–Trinajstić information content (AvgIpc) is 2.52. The van der Waals surface area contributed by atoms with Gasteiger partial charge in [-0.25, -0.2) is 0 Å². The number of hydrogen-bond donors (Lipinski definition) is 1. The summed E-state index contributed by atoms with van der Waals surface area (Å²) in [6, 6.07) is 11.1. The molecule has 2 aromatic carbocycles. The van der Waals surface area contributed by atoms with Gasteiger partial charge in [0.05, 0.1) is 17.7 Å². The summed E-state index contributed by atoms with van der Waals surface area (Å²) >= 11 is 0. The Morgan fingerprint density at radius 1 is 1.23 bits per heavy atom. The van der Waals surface area contributed by atoms with Crippen LogP contribution in [0.5, 0.6) is 11.5 Å². The Kier molecular flexibility index (Phi) is 4.86. The largest absolute Gasteiger partial charge is 0.493 e. The highest BCUT2D eigenvalue weighted by Gasteiger charge is 2.11. The van der Waals surface area contributed by atoms with Crippen LogP contribution in [0.3, 0.4) is 0 Å². The maximum Gasteiger partial charge on any atom is 0.296 e. The van der Waals surface area contributed by atoms with Gasteiger partial charge in [-0.15, -0.1) is 10.2 Å². The highest BCUT2D eigenvalue weighted by atomic mass is 16.6. The SMILES string of the molecule is COc1cccc(N)c1OCN=Nc1ccccc1[N+](=O)[O-]. The predicted octanol–water partition coefficient (Wildman–Crippen LogP) is 3.31. The Bertz CT molecular complexity index is 703. The molecule has 2 aromatic rings. The molecule has 0 radical (unpaired) electrons. The van der Waals surface area contributed by atoms with Gasteiger partial charge in [0.2, 0.25) is 0 Å². The van der Waals surface area contributed by atoms with Crippen LogP contribution in [0, 0.1) is 10.1 Å². The molecule has 8 nitrogen and oxygen atoms in total. The van der Waals surface area contributed by atoms with Crippen molar-refractivity contribution in [2.24, 2.45) is 10.2 Å². The van der Waals surface area contributed by atoms with E-state index in [1.165, 1.54) is 19.2 Å². The van der Waals surface area contributed by atoms with Crippen LogP contribution >= 0.6 is 0 Å². The zero-order valence-electron chi connectivity index (χ0n) is 11.8. The normalized spacial score (nSPS) is 10.6. The molecule has 0 saturated carbocycles. The molecule has 0 aliphatic rings. The maximum absolute atomic E-state index is 10.8. The topological polar surface area (TPSA) is 112 Å². The van der Waals surface area contributed by atoms with E-state index in [1.54, 1.807) is 30.3 Å². The molecule has 2 N–H and O–H groups in total. The fraction of sp³-hybridized carbons (Fsp3) is 0.143. The van der Waals surface area contributed by atoms with Crippen LogP contribution in [0.15, 0.2) is 52.7 Å². The second-order valence-electron chi connectivity index (χ2n) is 4.14. The van der Waals surface area contributed by atoms with Crippen LogP contribution in [0.25, 0.3) is 0 Å². The third-order valence-electron chi connectivity index (χ3n) is 2.75. The monoisotopic (exact) mass is 302 g/mol. The van der Waals surface area contributed by atoms with Gasteiger partial charge in [-0.2, -0.15) is 0 Å². The smallest absolute Gasteiger partial charge is 0.296 e. The molecule has 0 amide bonds. The summed E-state index contributed by atoms with van der Waals surface area (Å²) in [5.41, 5.74) is 6.22. The van der Waals surface area contributed by atoms with Crippen molar-refractivity contribution in [3.05, 3.63) is 52.6 Å². The van der Waals surface area contributed by atoms with E-state index in [0.717, 1.165) is 0 Å². The number of nitrogens with zero attached hydrogens (tertiary/aromatic N) is 3. The Morgan fingerprint density at radius 2 is 2.00 bits per heavy atom. The number of azo groups is 1. The third-order valence-corrected chi connectivity index (χ3v) is 2.75. The second-order valence-corrected chi connectivity index (χ2v) is 4.14. The lowest BCUT2D eigenvalue weighted by Gasteiger charge is -2.10. The maximum atomic E-state index is 10.8. The number of ether oxygens (including phenoxy) is 2. The van der Waals surface area contributed by atoms with E-state index < -0.39 is 4.92 Å². The summed E-state index contributed by atoms with van der Waals surface area (Å²) in [5.74, 6) is 0.826. The van der Waals surface area contributed by atoms with Gasteiger partial charge in [0.1, 0.15) is 0 Å². The number of hydrogen-bond acceptors (Lipinski definition) is 7. The fourth-order valence-corrected chi connectivity index (χ4v) is 1.75. The Balaban J connectivity index is 2.07.